The fourth-order valence-electron chi connectivity index (χ4n) is 4.27. The van der Waals surface area contributed by atoms with E-state index in [0.29, 0.717) is 24.2 Å². The van der Waals surface area contributed by atoms with Crippen LogP contribution in [0, 0.1) is 23.7 Å². The van der Waals surface area contributed by atoms with Crippen molar-refractivity contribution in [2.45, 2.75) is 33.6 Å². The molecular weight excluding hydrogens is 316 g/mol. The van der Waals surface area contributed by atoms with Gasteiger partial charge in [0.05, 0.1) is 6.61 Å². The zero-order valence-corrected chi connectivity index (χ0v) is 16.4. The van der Waals surface area contributed by atoms with Gasteiger partial charge in [0.15, 0.2) is 0 Å². The van der Waals surface area contributed by atoms with Crippen LogP contribution < -0.4 is 0 Å². The van der Waals surface area contributed by atoms with E-state index in [4.69, 9.17) is 4.74 Å². The molecule has 25 heavy (non-hydrogen) atoms. The van der Waals surface area contributed by atoms with Gasteiger partial charge in [0.1, 0.15) is 0 Å². The van der Waals surface area contributed by atoms with Gasteiger partial charge in [-0.2, -0.15) is 0 Å². The van der Waals surface area contributed by atoms with Gasteiger partial charge < -0.3 is 14.7 Å². The molecule has 0 radical (unpaired) electrons. The van der Waals surface area contributed by atoms with Crippen molar-refractivity contribution >= 4 is 5.91 Å². The van der Waals surface area contributed by atoms with Gasteiger partial charge in [-0.3, -0.25) is 9.69 Å². The van der Waals surface area contributed by atoms with Crippen LogP contribution in [0.3, 0.4) is 0 Å². The average molecular weight is 353 g/mol. The van der Waals surface area contributed by atoms with Crippen LogP contribution in [0.4, 0.5) is 0 Å². The molecule has 0 aromatic carbocycles. The zero-order valence-electron chi connectivity index (χ0n) is 16.4. The highest BCUT2D eigenvalue weighted by Crippen LogP contribution is 2.38. The van der Waals surface area contributed by atoms with Gasteiger partial charge in [-0.05, 0) is 31.1 Å². The number of amides is 1. The first-order valence-electron chi connectivity index (χ1n) is 9.74. The molecule has 0 bridgehead atoms. The lowest BCUT2D eigenvalue weighted by atomic mass is 9.70. The summed E-state index contributed by atoms with van der Waals surface area (Å²) in [4.78, 5) is 17.2. The molecule has 1 aliphatic heterocycles. The third-order valence-corrected chi connectivity index (χ3v) is 6.05. The Kier molecular flexibility index (Phi) is 7.91. The number of hydrogen-bond acceptors (Lipinski definition) is 4. The van der Waals surface area contributed by atoms with Crippen molar-refractivity contribution in [2.24, 2.45) is 23.7 Å². The summed E-state index contributed by atoms with van der Waals surface area (Å²) in [5.41, 5.74) is 1.28. The number of carbonyl (C=O) groups excluding carboxylic acids is 1. The second-order valence-electron chi connectivity index (χ2n) is 8.02. The van der Waals surface area contributed by atoms with Crippen molar-refractivity contribution in [3.63, 3.8) is 0 Å². The Bertz CT molecular complexity index is 456. The smallest absolute Gasteiger partial charge is 0.223 e. The predicted octanol–water partition coefficient (Wildman–Crippen LogP) is 2.01. The van der Waals surface area contributed by atoms with Crippen LogP contribution in [-0.4, -0.2) is 73.9 Å². The number of aliphatic hydroxyl groups excluding tert-OH is 1. The molecule has 1 fully saturated rings. The second-order valence-corrected chi connectivity index (χ2v) is 8.02. The molecular formula is C20H36N2O3. The van der Waals surface area contributed by atoms with Crippen LogP contribution in [0.2, 0.25) is 0 Å². The van der Waals surface area contributed by atoms with Gasteiger partial charge in [0, 0.05) is 58.8 Å². The number of allylic oxidation sites excluding steroid dienone is 1. The van der Waals surface area contributed by atoms with Crippen molar-refractivity contribution in [1.82, 2.24) is 9.80 Å². The largest absolute Gasteiger partial charge is 0.396 e. The highest BCUT2D eigenvalue weighted by Gasteiger charge is 2.33. The molecule has 1 N–H and O–H groups in total. The van der Waals surface area contributed by atoms with E-state index in [9.17, 15) is 9.90 Å². The van der Waals surface area contributed by atoms with Crippen LogP contribution >= 0.6 is 0 Å². The molecule has 0 unspecified atom stereocenters. The molecule has 1 amide bonds. The van der Waals surface area contributed by atoms with Crippen LogP contribution in [0.1, 0.15) is 33.6 Å². The molecule has 1 heterocycles. The highest BCUT2D eigenvalue weighted by molar-refractivity contribution is 5.77. The lowest BCUT2D eigenvalue weighted by Crippen LogP contribution is -2.49. The van der Waals surface area contributed by atoms with Crippen molar-refractivity contribution < 1.29 is 14.6 Å². The van der Waals surface area contributed by atoms with E-state index in [1.807, 2.05) is 4.90 Å². The molecule has 5 heteroatoms. The monoisotopic (exact) mass is 352 g/mol. The summed E-state index contributed by atoms with van der Waals surface area (Å²) in [5.74, 6) is 1.86. The number of carbonyl (C=O) groups is 1. The quantitative estimate of drug-likeness (QED) is 0.712. The maximum absolute atomic E-state index is 12.8. The van der Waals surface area contributed by atoms with Crippen LogP contribution in [0.15, 0.2) is 11.6 Å². The second kappa shape index (κ2) is 9.70. The number of methoxy groups -OCH3 is 1. The Morgan fingerprint density at radius 3 is 2.56 bits per heavy atom. The number of aliphatic hydroxyl groups is 1. The molecule has 0 spiro atoms. The Labute approximate surface area is 153 Å². The predicted molar refractivity (Wildman–Crippen MR) is 100 cm³/mol. The Morgan fingerprint density at radius 2 is 2.00 bits per heavy atom. The SMILES string of the molecule is COCCN1CCN(C(=O)C[C@@H]2C[C@@H](C(C)C)[C@H](CO)C=C2C)CC1. The number of hydrogen-bond donors (Lipinski definition) is 1. The fourth-order valence-corrected chi connectivity index (χ4v) is 4.27. The van der Waals surface area contributed by atoms with Gasteiger partial charge in [-0.15, -0.1) is 0 Å². The third-order valence-electron chi connectivity index (χ3n) is 6.05. The molecule has 144 valence electrons. The maximum atomic E-state index is 12.8. The summed E-state index contributed by atoms with van der Waals surface area (Å²) >= 11 is 0. The number of rotatable bonds is 7. The van der Waals surface area contributed by atoms with Crippen LogP contribution in [0.25, 0.3) is 0 Å². The minimum atomic E-state index is 0.213. The van der Waals surface area contributed by atoms with Crippen LogP contribution in [0.5, 0.6) is 0 Å². The van der Waals surface area contributed by atoms with Crippen molar-refractivity contribution in [3.05, 3.63) is 11.6 Å². The Balaban J connectivity index is 1.88. The molecule has 5 nitrogen and oxygen atoms in total. The summed E-state index contributed by atoms with van der Waals surface area (Å²) in [6.07, 6.45) is 3.85. The van der Waals surface area contributed by atoms with E-state index in [1.165, 1.54) is 5.57 Å². The molecule has 2 rings (SSSR count). The molecule has 1 saturated heterocycles. The average Bonchev–Trinajstić information content (AvgIpc) is 2.61. The first-order chi connectivity index (χ1) is 12.0. The minimum Gasteiger partial charge on any atom is -0.396 e. The lowest BCUT2D eigenvalue weighted by molar-refractivity contribution is -0.134. The Hall–Kier alpha value is -0.910. The topological polar surface area (TPSA) is 53.0 Å². The standard InChI is InChI=1S/C20H36N2O3/c1-15(2)19-12-17(16(3)11-18(19)14-23)13-20(24)22-7-5-21(6-8-22)9-10-25-4/h11,15,17-19,23H,5-10,12-14H2,1-4H3/t17-,18-,19-/m0/s1. The normalized spacial score (nSPS) is 28.3. The Morgan fingerprint density at radius 1 is 1.32 bits per heavy atom. The summed E-state index contributed by atoms with van der Waals surface area (Å²) in [6.45, 7) is 12.0. The fraction of sp³-hybridized carbons (Fsp3) is 0.850. The third kappa shape index (κ3) is 5.53. The van der Waals surface area contributed by atoms with Crippen molar-refractivity contribution in [2.75, 3.05) is 53.0 Å². The van der Waals surface area contributed by atoms with Crippen molar-refractivity contribution in [3.8, 4) is 0 Å². The lowest BCUT2D eigenvalue weighted by Gasteiger charge is -2.38. The van der Waals surface area contributed by atoms with Gasteiger partial charge in [0.25, 0.3) is 0 Å². The first kappa shape index (κ1) is 20.4. The van der Waals surface area contributed by atoms with E-state index in [0.717, 1.165) is 45.8 Å². The van der Waals surface area contributed by atoms with E-state index in [2.05, 4.69) is 31.7 Å². The summed E-state index contributed by atoms with van der Waals surface area (Å²) < 4.78 is 5.13. The number of piperazine rings is 1. The van der Waals surface area contributed by atoms with E-state index < -0.39 is 0 Å². The highest BCUT2D eigenvalue weighted by atomic mass is 16.5. The van der Waals surface area contributed by atoms with Crippen LogP contribution in [-0.2, 0) is 9.53 Å². The molecule has 0 saturated carbocycles. The molecule has 1 aliphatic carbocycles. The van der Waals surface area contributed by atoms with Gasteiger partial charge in [-0.1, -0.05) is 25.5 Å². The van der Waals surface area contributed by atoms with E-state index in [1.54, 1.807) is 7.11 Å². The van der Waals surface area contributed by atoms with E-state index >= 15 is 0 Å². The minimum absolute atomic E-state index is 0.213. The van der Waals surface area contributed by atoms with Crippen molar-refractivity contribution in [1.29, 1.82) is 0 Å². The maximum Gasteiger partial charge on any atom is 0.223 e. The van der Waals surface area contributed by atoms with Gasteiger partial charge in [0.2, 0.25) is 5.91 Å². The zero-order chi connectivity index (χ0) is 18.4. The molecule has 3 atom stereocenters. The molecule has 0 aromatic heterocycles. The summed E-state index contributed by atoms with van der Waals surface area (Å²) in [7, 11) is 1.73. The van der Waals surface area contributed by atoms with Gasteiger partial charge in [-0.25, -0.2) is 0 Å². The summed E-state index contributed by atoms with van der Waals surface area (Å²) in [5, 5.41) is 9.65. The molecule has 2 aliphatic rings. The molecule has 0 aromatic rings. The number of ether oxygens (including phenoxy) is 1. The number of nitrogens with zero attached hydrogens (tertiary/aromatic N) is 2. The first-order valence-corrected chi connectivity index (χ1v) is 9.74. The van der Waals surface area contributed by atoms with Gasteiger partial charge >= 0.3 is 0 Å². The summed E-state index contributed by atoms with van der Waals surface area (Å²) in [6, 6.07) is 0. The van der Waals surface area contributed by atoms with E-state index in [-0.39, 0.29) is 18.4 Å².